The number of likely N-dealkylation sites (tertiary alicyclic amines) is 1. The van der Waals surface area contributed by atoms with Crippen LogP contribution in [0, 0.1) is 0 Å². The lowest BCUT2D eigenvalue weighted by Gasteiger charge is -2.31. The summed E-state index contributed by atoms with van der Waals surface area (Å²) in [6.07, 6.45) is 2.86. The van der Waals surface area contributed by atoms with E-state index in [0.29, 0.717) is 18.1 Å². The molecule has 1 saturated heterocycles. The number of nitrogens with zero attached hydrogens (tertiary/aromatic N) is 3. The van der Waals surface area contributed by atoms with Crippen molar-refractivity contribution in [1.82, 2.24) is 14.9 Å². The highest BCUT2D eigenvalue weighted by atomic mass is 35.5. The quantitative estimate of drug-likeness (QED) is 0.864. The van der Waals surface area contributed by atoms with Gasteiger partial charge in [0.15, 0.2) is 0 Å². The molecule has 0 radical (unpaired) electrons. The first kappa shape index (κ1) is 14.1. The molecule has 2 rings (SSSR count). The van der Waals surface area contributed by atoms with Gasteiger partial charge in [-0.1, -0.05) is 25.4 Å². The van der Waals surface area contributed by atoms with Crippen LogP contribution in [-0.2, 0) is 4.79 Å². The van der Waals surface area contributed by atoms with Crippen molar-refractivity contribution >= 4 is 23.3 Å². The van der Waals surface area contributed by atoms with Gasteiger partial charge in [-0.3, -0.25) is 4.79 Å². The van der Waals surface area contributed by atoms with Crippen molar-refractivity contribution in [2.45, 2.75) is 38.6 Å². The average Bonchev–Trinajstić information content (AvgIpc) is 2.33. The summed E-state index contributed by atoms with van der Waals surface area (Å²) in [6, 6.07) is 0.214. The van der Waals surface area contributed by atoms with Crippen LogP contribution in [0.4, 0.5) is 5.82 Å². The first-order valence-corrected chi connectivity index (χ1v) is 6.87. The molecule has 2 heterocycles. The monoisotopic (exact) mass is 282 g/mol. The summed E-state index contributed by atoms with van der Waals surface area (Å²) < 4.78 is 0. The summed E-state index contributed by atoms with van der Waals surface area (Å²) in [6.45, 7) is 4.82. The fourth-order valence-electron chi connectivity index (χ4n) is 2.32. The lowest BCUT2D eigenvalue weighted by atomic mass is 10.0. The SMILES string of the molecule is CC(C)c1c(Cl)ncnc1NC1CCC(=O)N(C)C1. The molecule has 0 bridgehead atoms. The van der Waals surface area contributed by atoms with E-state index in [1.54, 1.807) is 4.90 Å². The number of aromatic nitrogens is 2. The van der Waals surface area contributed by atoms with Crippen molar-refractivity contribution < 1.29 is 4.79 Å². The third-order valence-corrected chi connectivity index (χ3v) is 3.68. The molecule has 19 heavy (non-hydrogen) atoms. The maximum Gasteiger partial charge on any atom is 0.222 e. The maximum absolute atomic E-state index is 11.5. The minimum absolute atomic E-state index is 0.197. The Balaban J connectivity index is 2.15. The predicted molar refractivity (Wildman–Crippen MR) is 75.4 cm³/mol. The van der Waals surface area contributed by atoms with Gasteiger partial charge in [-0.2, -0.15) is 0 Å². The number of hydrogen-bond donors (Lipinski definition) is 1. The largest absolute Gasteiger partial charge is 0.365 e. The standard InChI is InChI=1S/C13H19ClN4O/c1-8(2)11-12(14)15-7-16-13(11)17-9-4-5-10(19)18(3)6-9/h7-9H,4-6H2,1-3H3,(H,15,16,17). The van der Waals surface area contributed by atoms with E-state index in [9.17, 15) is 4.79 Å². The second-order valence-electron chi connectivity index (χ2n) is 5.24. The molecule has 0 spiro atoms. The van der Waals surface area contributed by atoms with Crippen molar-refractivity contribution in [1.29, 1.82) is 0 Å². The van der Waals surface area contributed by atoms with E-state index in [2.05, 4.69) is 29.1 Å². The molecule has 0 saturated carbocycles. The van der Waals surface area contributed by atoms with E-state index in [4.69, 9.17) is 11.6 Å². The highest BCUT2D eigenvalue weighted by Gasteiger charge is 2.24. The van der Waals surface area contributed by atoms with Gasteiger partial charge in [-0.25, -0.2) is 9.97 Å². The molecule has 1 aromatic heterocycles. The van der Waals surface area contributed by atoms with Crippen molar-refractivity contribution in [3.05, 3.63) is 17.0 Å². The Labute approximate surface area is 118 Å². The van der Waals surface area contributed by atoms with Crippen molar-refractivity contribution in [3.8, 4) is 0 Å². The summed E-state index contributed by atoms with van der Waals surface area (Å²) in [5, 5.41) is 3.89. The molecule has 1 amide bonds. The van der Waals surface area contributed by atoms with E-state index in [-0.39, 0.29) is 17.9 Å². The number of amides is 1. The van der Waals surface area contributed by atoms with Crippen LogP contribution >= 0.6 is 11.6 Å². The number of anilines is 1. The summed E-state index contributed by atoms with van der Waals surface area (Å²) in [7, 11) is 1.83. The smallest absolute Gasteiger partial charge is 0.222 e. The third kappa shape index (κ3) is 3.15. The third-order valence-electron chi connectivity index (χ3n) is 3.38. The van der Waals surface area contributed by atoms with Crippen LogP contribution in [0.15, 0.2) is 6.33 Å². The van der Waals surface area contributed by atoms with Crippen LogP contribution in [0.5, 0.6) is 0 Å². The number of nitrogens with one attached hydrogen (secondary N) is 1. The first-order chi connectivity index (χ1) is 8.99. The minimum atomic E-state index is 0.197. The fraction of sp³-hybridized carbons (Fsp3) is 0.615. The normalized spacial score (nSPS) is 19.9. The molecule has 1 aliphatic rings. The highest BCUT2D eigenvalue weighted by Crippen LogP contribution is 2.29. The Morgan fingerprint density at radius 1 is 1.47 bits per heavy atom. The Morgan fingerprint density at radius 3 is 2.84 bits per heavy atom. The van der Waals surface area contributed by atoms with E-state index >= 15 is 0 Å². The second-order valence-corrected chi connectivity index (χ2v) is 5.59. The highest BCUT2D eigenvalue weighted by molar-refractivity contribution is 6.30. The molecular formula is C13H19ClN4O. The van der Waals surface area contributed by atoms with Gasteiger partial charge in [0.1, 0.15) is 17.3 Å². The predicted octanol–water partition coefficient (Wildman–Crippen LogP) is 2.29. The van der Waals surface area contributed by atoms with Gasteiger partial charge in [-0.05, 0) is 12.3 Å². The number of halogens is 1. The van der Waals surface area contributed by atoms with Crippen LogP contribution in [0.3, 0.4) is 0 Å². The second kappa shape index (κ2) is 5.74. The molecule has 1 aromatic rings. The maximum atomic E-state index is 11.5. The topological polar surface area (TPSA) is 58.1 Å². The Morgan fingerprint density at radius 2 is 2.21 bits per heavy atom. The molecule has 0 aliphatic carbocycles. The molecule has 1 aliphatic heterocycles. The van der Waals surface area contributed by atoms with Gasteiger partial charge in [0.2, 0.25) is 5.91 Å². The van der Waals surface area contributed by atoms with Crippen LogP contribution in [-0.4, -0.2) is 40.4 Å². The molecule has 0 aromatic carbocycles. The summed E-state index contributed by atoms with van der Waals surface area (Å²) in [5.41, 5.74) is 0.934. The van der Waals surface area contributed by atoms with E-state index in [1.807, 2.05) is 7.05 Å². The van der Waals surface area contributed by atoms with Gasteiger partial charge in [-0.15, -0.1) is 0 Å². The average molecular weight is 283 g/mol. The lowest BCUT2D eigenvalue weighted by molar-refractivity contribution is -0.132. The number of carbonyl (C=O) groups is 1. The number of rotatable bonds is 3. The summed E-state index contributed by atoms with van der Waals surface area (Å²) >= 11 is 6.14. The summed E-state index contributed by atoms with van der Waals surface area (Å²) in [4.78, 5) is 21.5. The number of piperidine rings is 1. The zero-order valence-corrected chi connectivity index (χ0v) is 12.2. The fourth-order valence-corrected chi connectivity index (χ4v) is 2.68. The number of likely N-dealkylation sites (N-methyl/N-ethyl adjacent to an activating group) is 1. The van der Waals surface area contributed by atoms with E-state index in [0.717, 1.165) is 17.8 Å². The Hall–Kier alpha value is -1.36. The van der Waals surface area contributed by atoms with Gasteiger partial charge in [0.25, 0.3) is 0 Å². The van der Waals surface area contributed by atoms with Gasteiger partial charge < -0.3 is 10.2 Å². The lowest BCUT2D eigenvalue weighted by Crippen LogP contribution is -2.43. The first-order valence-electron chi connectivity index (χ1n) is 6.50. The molecule has 5 nitrogen and oxygen atoms in total. The number of hydrogen-bond acceptors (Lipinski definition) is 4. The molecule has 1 atom stereocenters. The molecule has 1 unspecified atom stereocenters. The summed E-state index contributed by atoms with van der Waals surface area (Å²) in [5.74, 6) is 1.23. The van der Waals surface area contributed by atoms with Crippen LogP contribution in [0.1, 0.15) is 38.2 Å². The molecular weight excluding hydrogens is 264 g/mol. The zero-order chi connectivity index (χ0) is 14.0. The van der Waals surface area contributed by atoms with Gasteiger partial charge in [0.05, 0.1) is 0 Å². The molecule has 1 fully saturated rings. The minimum Gasteiger partial charge on any atom is -0.365 e. The molecule has 104 valence electrons. The molecule has 1 N–H and O–H groups in total. The van der Waals surface area contributed by atoms with Gasteiger partial charge in [0, 0.05) is 31.6 Å². The Bertz CT molecular complexity index is 478. The van der Waals surface area contributed by atoms with Crippen LogP contribution in [0.25, 0.3) is 0 Å². The number of carbonyl (C=O) groups excluding carboxylic acids is 1. The van der Waals surface area contributed by atoms with Gasteiger partial charge >= 0.3 is 0 Å². The van der Waals surface area contributed by atoms with Crippen LogP contribution < -0.4 is 5.32 Å². The van der Waals surface area contributed by atoms with E-state index in [1.165, 1.54) is 6.33 Å². The molecule has 6 heteroatoms. The van der Waals surface area contributed by atoms with E-state index < -0.39 is 0 Å². The van der Waals surface area contributed by atoms with Crippen LogP contribution in [0.2, 0.25) is 5.15 Å². The van der Waals surface area contributed by atoms with Crippen molar-refractivity contribution in [2.75, 3.05) is 18.9 Å². The Kier molecular flexibility index (Phi) is 4.24. The van der Waals surface area contributed by atoms with Crippen molar-refractivity contribution in [2.24, 2.45) is 0 Å². The van der Waals surface area contributed by atoms with Crippen molar-refractivity contribution in [3.63, 3.8) is 0 Å². The zero-order valence-electron chi connectivity index (χ0n) is 11.5.